The number of halogens is 1. The van der Waals surface area contributed by atoms with E-state index in [1.54, 1.807) is 0 Å². The Morgan fingerprint density at radius 1 is 0.915 bits per heavy atom. The second kappa shape index (κ2) is 14.7. The van der Waals surface area contributed by atoms with Crippen molar-refractivity contribution in [3.8, 4) is 0 Å². The number of unbranched alkanes of at least 4 members (excludes halogenated alkanes) is 2. The standard InChI is InChI=1S/C40H51ClN2O3S/c1-6-8-26-40(5)33-19-11-13-21-35(33)43(28-15-29-47(44,45)46)37(40)25-23-31-17-14-16-30(38(31)41)22-24-36-39(3,4)32-18-10-12-20-34(32)42(36)27-9-7-2/h10-13,18-25H,6-9,14-17,26-29H2,1-5H3/p+1. The molecule has 0 spiro atoms. The summed E-state index contributed by atoms with van der Waals surface area (Å²) in [5.74, 6) is -0.257. The van der Waals surface area contributed by atoms with Crippen LogP contribution in [0.25, 0.3) is 0 Å². The molecule has 0 radical (unpaired) electrons. The number of rotatable bonds is 13. The van der Waals surface area contributed by atoms with Crippen LogP contribution in [0, 0.1) is 0 Å². The summed E-state index contributed by atoms with van der Waals surface area (Å²) in [5, 5.41) is 0.835. The summed E-state index contributed by atoms with van der Waals surface area (Å²) in [4.78, 5) is 2.26. The Kier molecular flexibility index (Phi) is 11.0. The summed E-state index contributed by atoms with van der Waals surface area (Å²) in [6.07, 6.45) is 17.7. The topological polar surface area (TPSA) is 60.6 Å². The summed E-state index contributed by atoms with van der Waals surface area (Å²) in [6.45, 7) is 12.9. The molecule has 47 heavy (non-hydrogen) atoms. The normalized spacial score (nSPS) is 22.7. The van der Waals surface area contributed by atoms with Crippen LogP contribution >= 0.6 is 11.6 Å². The Morgan fingerprint density at radius 3 is 2.34 bits per heavy atom. The number of hydrogen-bond acceptors (Lipinski definition) is 3. The van der Waals surface area contributed by atoms with Crippen molar-refractivity contribution in [2.24, 2.45) is 0 Å². The highest BCUT2D eigenvalue weighted by Crippen LogP contribution is 2.51. The summed E-state index contributed by atoms with van der Waals surface area (Å²) >= 11 is 7.21. The minimum Gasteiger partial charge on any atom is -0.344 e. The molecule has 0 amide bonds. The Hall–Kier alpha value is -2.93. The lowest BCUT2D eigenvalue weighted by Crippen LogP contribution is -2.30. The molecule has 1 unspecified atom stereocenters. The van der Waals surface area contributed by atoms with E-state index in [4.69, 9.17) is 11.6 Å². The van der Waals surface area contributed by atoms with E-state index < -0.39 is 10.1 Å². The molecule has 3 aliphatic rings. The minimum absolute atomic E-state index is 0.0924. The van der Waals surface area contributed by atoms with Gasteiger partial charge in [-0.25, -0.2) is 0 Å². The fraction of sp³-hybridized carbons (Fsp3) is 0.475. The molecule has 0 bridgehead atoms. The molecular formula is C40H52ClN2O3S+. The van der Waals surface area contributed by atoms with Gasteiger partial charge in [0.1, 0.15) is 6.54 Å². The molecule has 2 heterocycles. The van der Waals surface area contributed by atoms with Gasteiger partial charge in [-0.2, -0.15) is 13.0 Å². The van der Waals surface area contributed by atoms with Gasteiger partial charge in [-0.15, -0.1) is 0 Å². The molecule has 252 valence electrons. The van der Waals surface area contributed by atoms with Gasteiger partial charge >= 0.3 is 0 Å². The zero-order chi connectivity index (χ0) is 33.8. The summed E-state index contributed by atoms with van der Waals surface area (Å²) in [7, 11) is -4.03. The molecule has 0 fully saturated rings. The van der Waals surface area contributed by atoms with Gasteiger partial charge in [0.2, 0.25) is 5.69 Å². The highest BCUT2D eigenvalue weighted by Gasteiger charge is 2.44. The molecule has 0 saturated heterocycles. The highest BCUT2D eigenvalue weighted by molar-refractivity contribution is 7.85. The molecule has 1 N–H and O–H groups in total. The Balaban J connectivity index is 1.51. The molecule has 1 aliphatic carbocycles. The lowest BCUT2D eigenvalue weighted by molar-refractivity contribution is -0.438. The monoisotopic (exact) mass is 675 g/mol. The third-order valence-electron chi connectivity index (χ3n) is 10.3. The molecule has 5 rings (SSSR count). The van der Waals surface area contributed by atoms with Crippen molar-refractivity contribution in [2.45, 2.75) is 103 Å². The van der Waals surface area contributed by atoms with E-state index in [-0.39, 0.29) is 16.6 Å². The van der Waals surface area contributed by atoms with Crippen molar-refractivity contribution < 1.29 is 17.5 Å². The van der Waals surface area contributed by atoms with Crippen molar-refractivity contribution in [1.82, 2.24) is 0 Å². The van der Waals surface area contributed by atoms with Crippen molar-refractivity contribution in [1.29, 1.82) is 0 Å². The number of fused-ring (bicyclic) bond motifs is 2. The van der Waals surface area contributed by atoms with Crippen LogP contribution in [-0.2, 0) is 20.9 Å². The summed E-state index contributed by atoms with van der Waals surface area (Å²) in [5.41, 5.74) is 9.55. The summed E-state index contributed by atoms with van der Waals surface area (Å²) < 4.78 is 35.1. The number of hydrogen-bond donors (Lipinski definition) is 1. The van der Waals surface area contributed by atoms with Crippen molar-refractivity contribution in [3.63, 3.8) is 0 Å². The number of para-hydroxylation sites is 2. The van der Waals surface area contributed by atoms with Crippen LogP contribution in [0.15, 0.2) is 94.7 Å². The van der Waals surface area contributed by atoms with Crippen LogP contribution in [0.5, 0.6) is 0 Å². The first kappa shape index (κ1) is 35.4. The molecule has 2 aromatic rings. The van der Waals surface area contributed by atoms with E-state index in [9.17, 15) is 13.0 Å². The molecule has 2 aromatic carbocycles. The van der Waals surface area contributed by atoms with Crippen molar-refractivity contribution >= 4 is 38.8 Å². The van der Waals surface area contributed by atoms with Crippen LogP contribution in [0.2, 0.25) is 0 Å². The lowest BCUT2D eigenvalue weighted by Gasteiger charge is -2.30. The maximum atomic E-state index is 11.6. The van der Waals surface area contributed by atoms with E-state index >= 15 is 0 Å². The lowest BCUT2D eigenvalue weighted by atomic mass is 9.77. The maximum Gasteiger partial charge on any atom is 0.264 e. The number of nitrogens with zero attached hydrogens (tertiary/aromatic N) is 2. The van der Waals surface area contributed by atoms with E-state index in [0.29, 0.717) is 13.0 Å². The van der Waals surface area contributed by atoms with Gasteiger partial charge < -0.3 is 4.90 Å². The molecule has 0 saturated carbocycles. The van der Waals surface area contributed by atoms with Crippen molar-refractivity contribution in [2.75, 3.05) is 23.7 Å². The number of benzene rings is 2. The minimum atomic E-state index is -4.03. The van der Waals surface area contributed by atoms with Crippen LogP contribution in [0.4, 0.5) is 11.4 Å². The average molecular weight is 676 g/mol. The van der Waals surface area contributed by atoms with E-state index in [1.165, 1.54) is 28.1 Å². The molecule has 2 aliphatic heterocycles. The molecule has 5 nitrogen and oxygen atoms in total. The number of anilines is 1. The fourth-order valence-corrected chi connectivity index (χ4v) is 8.53. The van der Waals surface area contributed by atoms with Gasteiger partial charge in [0.05, 0.1) is 11.2 Å². The summed E-state index contributed by atoms with van der Waals surface area (Å²) in [6, 6.07) is 17.2. The van der Waals surface area contributed by atoms with Crippen LogP contribution in [-0.4, -0.2) is 42.1 Å². The third kappa shape index (κ3) is 7.40. The van der Waals surface area contributed by atoms with Crippen molar-refractivity contribution in [3.05, 3.63) is 106 Å². The first-order chi connectivity index (χ1) is 22.4. The zero-order valence-corrected chi connectivity index (χ0v) is 30.4. The predicted octanol–water partition coefficient (Wildman–Crippen LogP) is 10.2. The van der Waals surface area contributed by atoms with Gasteiger partial charge in [-0.1, -0.05) is 93.3 Å². The van der Waals surface area contributed by atoms with E-state index in [2.05, 4.69) is 111 Å². The maximum absolute atomic E-state index is 11.6. The Bertz CT molecular complexity index is 1750. The molecule has 7 heteroatoms. The zero-order valence-electron chi connectivity index (χ0n) is 28.9. The Labute approximate surface area is 288 Å². The SMILES string of the molecule is CCCC[N+]1=C(/C=C/C2=C(Cl)C(=C/C=C3/N(CCCS(=O)(=O)O)c4ccccc4C3(C)CCCC)/CCC2)C(C)(C)c2ccccc21. The smallest absolute Gasteiger partial charge is 0.264 e. The molecule has 0 aromatic heterocycles. The van der Waals surface area contributed by atoms with Gasteiger partial charge in [-0.3, -0.25) is 4.55 Å². The average Bonchev–Trinajstić information content (AvgIpc) is 3.40. The Morgan fingerprint density at radius 2 is 1.62 bits per heavy atom. The van der Waals surface area contributed by atoms with Crippen LogP contribution in [0.1, 0.15) is 104 Å². The molecular weight excluding hydrogens is 624 g/mol. The quantitative estimate of drug-likeness (QED) is 0.170. The van der Waals surface area contributed by atoms with Gasteiger partial charge in [0, 0.05) is 52.5 Å². The van der Waals surface area contributed by atoms with Gasteiger partial charge in [0.15, 0.2) is 5.71 Å². The first-order valence-electron chi connectivity index (χ1n) is 17.5. The fourth-order valence-electron chi connectivity index (χ4n) is 7.72. The third-order valence-corrected chi connectivity index (χ3v) is 11.6. The van der Waals surface area contributed by atoms with E-state index in [1.807, 2.05) is 6.07 Å². The highest BCUT2D eigenvalue weighted by atomic mass is 35.5. The van der Waals surface area contributed by atoms with Gasteiger partial charge in [-0.05, 0) is 81.7 Å². The first-order valence-corrected chi connectivity index (χ1v) is 19.5. The second-order valence-corrected chi connectivity index (χ2v) is 16.0. The second-order valence-electron chi connectivity index (χ2n) is 14.0. The largest absolute Gasteiger partial charge is 0.344 e. The van der Waals surface area contributed by atoms with Crippen LogP contribution < -0.4 is 4.90 Å². The predicted molar refractivity (Wildman–Crippen MR) is 198 cm³/mol. The van der Waals surface area contributed by atoms with Crippen LogP contribution in [0.3, 0.4) is 0 Å². The van der Waals surface area contributed by atoms with Gasteiger partial charge in [0.25, 0.3) is 10.1 Å². The van der Waals surface area contributed by atoms with E-state index in [0.717, 1.165) is 79.9 Å². The molecule has 1 atom stereocenters. The number of allylic oxidation sites excluding steroid dienone is 8.